The van der Waals surface area contributed by atoms with E-state index in [1.165, 1.54) is 5.69 Å². The summed E-state index contributed by atoms with van der Waals surface area (Å²) in [6.45, 7) is 6.25. The van der Waals surface area contributed by atoms with Crippen LogP contribution in [0.15, 0.2) is 58.1 Å². The average Bonchev–Trinajstić information content (AvgIpc) is 3.16. The number of hydrogen-bond acceptors (Lipinski definition) is 4. The molecule has 6 nitrogen and oxygen atoms in total. The van der Waals surface area contributed by atoms with Crippen molar-refractivity contribution in [1.29, 1.82) is 0 Å². The molecule has 1 heterocycles. The highest BCUT2D eigenvalue weighted by atomic mass is 16.4. The van der Waals surface area contributed by atoms with Gasteiger partial charge in [0.15, 0.2) is 5.96 Å². The molecule has 0 fully saturated rings. The molecule has 1 unspecified atom stereocenters. The van der Waals surface area contributed by atoms with Crippen molar-refractivity contribution >= 4 is 11.6 Å². The van der Waals surface area contributed by atoms with E-state index in [1.807, 2.05) is 25.1 Å². The van der Waals surface area contributed by atoms with Crippen LogP contribution in [0.4, 0.5) is 5.69 Å². The third-order valence-corrected chi connectivity index (χ3v) is 3.88. The van der Waals surface area contributed by atoms with Crippen molar-refractivity contribution in [1.82, 2.24) is 10.6 Å². The quantitative estimate of drug-likeness (QED) is 0.506. The number of benzene rings is 1. The number of nitrogens with one attached hydrogen (secondary N) is 2. The molecule has 25 heavy (non-hydrogen) atoms. The van der Waals surface area contributed by atoms with Crippen molar-refractivity contribution in [2.45, 2.75) is 19.4 Å². The molecule has 3 N–H and O–H groups in total. The number of rotatable bonds is 8. The van der Waals surface area contributed by atoms with Crippen molar-refractivity contribution in [3.63, 3.8) is 0 Å². The third kappa shape index (κ3) is 5.83. The van der Waals surface area contributed by atoms with Gasteiger partial charge in [0.05, 0.1) is 12.8 Å². The average molecular weight is 344 g/mol. The van der Waals surface area contributed by atoms with Crippen molar-refractivity contribution in [2.75, 3.05) is 38.1 Å². The number of furan rings is 1. The highest BCUT2D eigenvalue weighted by Crippen LogP contribution is 2.21. The molecule has 0 spiro atoms. The number of hydrogen-bond donors (Lipinski definition) is 3. The minimum atomic E-state index is -1.13. The lowest BCUT2D eigenvalue weighted by Crippen LogP contribution is -2.42. The molecule has 0 aliphatic heterocycles. The van der Waals surface area contributed by atoms with Crippen molar-refractivity contribution in [3.8, 4) is 0 Å². The number of aliphatic hydroxyl groups is 1. The lowest BCUT2D eigenvalue weighted by Gasteiger charge is -2.21. The van der Waals surface area contributed by atoms with Crippen molar-refractivity contribution < 1.29 is 9.52 Å². The van der Waals surface area contributed by atoms with Gasteiger partial charge in [0, 0.05) is 32.4 Å². The monoisotopic (exact) mass is 344 g/mol. The number of anilines is 1. The summed E-state index contributed by atoms with van der Waals surface area (Å²) in [7, 11) is 2.06. The van der Waals surface area contributed by atoms with Crippen LogP contribution in [0.1, 0.15) is 19.6 Å². The van der Waals surface area contributed by atoms with Gasteiger partial charge in [-0.1, -0.05) is 18.2 Å². The summed E-state index contributed by atoms with van der Waals surface area (Å²) < 4.78 is 5.29. The van der Waals surface area contributed by atoms with Crippen LogP contribution in [0, 0.1) is 0 Å². The Morgan fingerprint density at radius 1 is 1.20 bits per heavy atom. The summed E-state index contributed by atoms with van der Waals surface area (Å²) in [5.74, 6) is 1.19. The van der Waals surface area contributed by atoms with Gasteiger partial charge in [-0.15, -0.1) is 0 Å². The summed E-state index contributed by atoms with van der Waals surface area (Å²) in [5, 5.41) is 17.0. The number of guanidine groups is 1. The zero-order valence-corrected chi connectivity index (χ0v) is 15.2. The number of likely N-dealkylation sites (N-methyl/N-ethyl adjacent to an activating group) is 1. The van der Waals surface area contributed by atoms with Gasteiger partial charge in [-0.2, -0.15) is 0 Å². The number of para-hydroxylation sites is 1. The summed E-state index contributed by atoms with van der Waals surface area (Å²) in [4.78, 5) is 6.65. The zero-order valence-electron chi connectivity index (χ0n) is 15.2. The first-order valence-corrected chi connectivity index (χ1v) is 8.57. The Balaban J connectivity index is 1.87. The van der Waals surface area contributed by atoms with Gasteiger partial charge >= 0.3 is 0 Å². The summed E-state index contributed by atoms with van der Waals surface area (Å²) in [5.41, 5.74) is 0.0409. The van der Waals surface area contributed by atoms with Crippen LogP contribution in [0.2, 0.25) is 0 Å². The molecule has 0 radical (unpaired) electrons. The summed E-state index contributed by atoms with van der Waals surface area (Å²) in [6.07, 6.45) is 1.55. The molecule has 1 aromatic carbocycles. The topological polar surface area (TPSA) is 73.0 Å². The molecule has 1 aromatic heterocycles. The Bertz CT molecular complexity index is 639. The highest BCUT2D eigenvalue weighted by Gasteiger charge is 2.26. The SMILES string of the molecule is CCNC(=NCC(C)(O)c1ccco1)NCCN(C)c1ccccc1. The Morgan fingerprint density at radius 2 is 1.96 bits per heavy atom. The van der Waals surface area contributed by atoms with Crippen LogP contribution < -0.4 is 15.5 Å². The van der Waals surface area contributed by atoms with Gasteiger partial charge in [-0.25, -0.2) is 4.99 Å². The molecule has 2 rings (SSSR count). The van der Waals surface area contributed by atoms with Crippen LogP contribution in [0.3, 0.4) is 0 Å². The van der Waals surface area contributed by atoms with Gasteiger partial charge < -0.3 is 25.1 Å². The predicted octanol–water partition coefficient (Wildman–Crippen LogP) is 2.18. The lowest BCUT2D eigenvalue weighted by atomic mass is 10.0. The molecule has 0 bridgehead atoms. The molecular weight excluding hydrogens is 316 g/mol. The van der Waals surface area contributed by atoms with E-state index in [1.54, 1.807) is 25.3 Å². The van der Waals surface area contributed by atoms with E-state index in [2.05, 4.69) is 39.7 Å². The van der Waals surface area contributed by atoms with Gasteiger partial charge in [0.2, 0.25) is 0 Å². The Labute approximate surface area is 149 Å². The predicted molar refractivity (Wildman–Crippen MR) is 102 cm³/mol. The molecule has 0 aliphatic rings. The van der Waals surface area contributed by atoms with Gasteiger partial charge in [-0.3, -0.25) is 0 Å². The second kappa shape index (κ2) is 9.13. The Kier molecular flexibility index (Phi) is 6.89. The van der Waals surface area contributed by atoms with Crippen molar-refractivity contribution in [2.24, 2.45) is 4.99 Å². The Hall–Kier alpha value is -2.47. The van der Waals surface area contributed by atoms with Crippen LogP contribution in [-0.4, -0.2) is 44.3 Å². The molecule has 0 saturated carbocycles. The largest absolute Gasteiger partial charge is 0.466 e. The van der Waals surface area contributed by atoms with Crippen LogP contribution in [0.5, 0.6) is 0 Å². The maximum atomic E-state index is 10.5. The lowest BCUT2D eigenvalue weighted by molar-refractivity contribution is 0.0437. The van der Waals surface area contributed by atoms with E-state index in [9.17, 15) is 5.11 Å². The van der Waals surface area contributed by atoms with E-state index in [0.717, 1.165) is 19.6 Å². The van der Waals surface area contributed by atoms with Crippen molar-refractivity contribution in [3.05, 3.63) is 54.5 Å². The first-order valence-electron chi connectivity index (χ1n) is 8.57. The molecule has 6 heteroatoms. The van der Waals surface area contributed by atoms with Crippen LogP contribution in [0.25, 0.3) is 0 Å². The van der Waals surface area contributed by atoms with E-state index < -0.39 is 5.60 Å². The normalized spacial score (nSPS) is 14.0. The summed E-state index contributed by atoms with van der Waals surface area (Å²) in [6, 6.07) is 13.8. The second-order valence-electron chi connectivity index (χ2n) is 6.13. The minimum Gasteiger partial charge on any atom is -0.466 e. The fourth-order valence-corrected chi connectivity index (χ4v) is 2.39. The van der Waals surface area contributed by atoms with Crippen LogP contribution in [-0.2, 0) is 5.60 Å². The van der Waals surface area contributed by atoms with Gasteiger partial charge in [0.1, 0.15) is 11.4 Å². The molecular formula is C19H28N4O2. The van der Waals surface area contributed by atoms with Gasteiger partial charge in [-0.05, 0) is 38.1 Å². The molecule has 2 aromatic rings. The van der Waals surface area contributed by atoms with E-state index in [-0.39, 0.29) is 6.54 Å². The highest BCUT2D eigenvalue weighted by molar-refractivity contribution is 5.79. The minimum absolute atomic E-state index is 0.213. The third-order valence-electron chi connectivity index (χ3n) is 3.88. The molecule has 0 saturated heterocycles. The van der Waals surface area contributed by atoms with E-state index in [0.29, 0.717) is 11.7 Å². The zero-order chi connectivity index (χ0) is 18.1. The fraction of sp³-hybridized carbons (Fsp3) is 0.421. The second-order valence-corrected chi connectivity index (χ2v) is 6.13. The molecule has 1 atom stereocenters. The van der Waals surface area contributed by atoms with Gasteiger partial charge in [0.25, 0.3) is 0 Å². The first-order chi connectivity index (χ1) is 12.0. The molecule has 0 aliphatic carbocycles. The van der Waals surface area contributed by atoms with E-state index >= 15 is 0 Å². The van der Waals surface area contributed by atoms with E-state index in [4.69, 9.17) is 4.42 Å². The maximum Gasteiger partial charge on any atom is 0.191 e. The Morgan fingerprint density at radius 3 is 2.60 bits per heavy atom. The number of aliphatic imine (C=N–C) groups is 1. The molecule has 136 valence electrons. The fourth-order valence-electron chi connectivity index (χ4n) is 2.39. The summed E-state index contributed by atoms with van der Waals surface area (Å²) >= 11 is 0. The maximum absolute atomic E-state index is 10.5. The van der Waals surface area contributed by atoms with Crippen LogP contribution >= 0.6 is 0 Å². The first kappa shape index (κ1) is 18.9. The number of nitrogens with zero attached hydrogens (tertiary/aromatic N) is 2. The molecule has 0 amide bonds. The smallest absolute Gasteiger partial charge is 0.191 e. The standard InChI is InChI=1S/C19H28N4O2/c1-4-20-18(22-15-19(2,24)17-11-8-14-25-17)21-12-13-23(3)16-9-6-5-7-10-16/h5-11,14,24H,4,12-13,15H2,1-3H3,(H2,20,21,22).